The smallest absolute Gasteiger partial charge is 0.244 e. The highest BCUT2D eigenvalue weighted by molar-refractivity contribution is 5.88. The Labute approximate surface area is 129 Å². The van der Waals surface area contributed by atoms with Crippen molar-refractivity contribution in [2.45, 2.75) is 26.3 Å². The zero-order valence-electron chi connectivity index (χ0n) is 13.0. The maximum Gasteiger partial charge on any atom is 0.244 e. The van der Waals surface area contributed by atoms with Crippen molar-refractivity contribution in [3.05, 3.63) is 52.8 Å². The number of hydrogen-bond acceptors (Lipinski definition) is 3. The molecule has 3 N–H and O–H groups in total. The molecule has 1 heterocycles. The topological polar surface area (TPSA) is 90.0 Å². The number of carbonyl (C=O) groups is 2. The molecule has 0 radical (unpaired) electrons. The number of aromatic nitrogens is 2. The number of nitrogens with zero attached hydrogens (tertiary/aromatic N) is 2. The molecule has 0 bridgehead atoms. The van der Waals surface area contributed by atoms with Crippen LogP contribution in [-0.2, 0) is 23.1 Å². The number of rotatable bonds is 5. The Balaban J connectivity index is 2.14. The molecule has 0 aliphatic carbocycles. The molecule has 0 saturated heterocycles. The summed E-state index contributed by atoms with van der Waals surface area (Å²) in [4.78, 5) is 23.9. The van der Waals surface area contributed by atoms with E-state index in [-0.39, 0.29) is 12.3 Å². The van der Waals surface area contributed by atoms with Gasteiger partial charge < -0.3 is 11.1 Å². The van der Waals surface area contributed by atoms with Crippen molar-refractivity contribution in [2.24, 2.45) is 12.8 Å². The maximum atomic E-state index is 12.3. The van der Waals surface area contributed by atoms with E-state index < -0.39 is 11.9 Å². The van der Waals surface area contributed by atoms with E-state index >= 15 is 0 Å². The Morgan fingerprint density at radius 3 is 2.41 bits per heavy atom. The van der Waals surface area contributed by atoms with Gasteiger partial charge in [0.2, 0.25) is 11.8 Å². The van der Waals surface area contributed by atoms with Crippen LogP contribution in [0.15, 0.2) is 30.3 Å². The highest BCUT2D eigenvalue weighted by Crippen LogP contribution is 2.15. The van der Waals surface area contributed by atoms with Gasteiger partial charge in [-0.3, -0.25) is 14.3 Å². The van der Waals surface area contributed by atoms with Gasteiger partial charge in [0.25, 0.3) is 0 Å². The molecule has 1 atom stereocenters. The molecule has 2 amide bonds. The molecular weight excluding hydrogens is 280 g/mol. The van der Waals surface area contributed by atoms with Gasteiger partial charge >= 0.3 is 0 Å². The van der Waals surface area contributed by atoms with Gasteiger partial charge in [0.05, 0.1) is 12.1 Å². The van der Waals surface area contributed by atoms with Gasteiger partial charge in [0, 0.05) is 18.3 Å². The minimum absolute atomic E-state index is 0.169. The normalized spacial score (nSPS) is 12.0. The van der Waals surface area contributed by atoms with E-state index in [1.807, 2.05) is 27.0 Å². The average molecular weight is 300 g/mol. The third kappa shape index (κ3) is 3.33. The van der Waals surface area contributed by atoms with Gasteiger partial charge in [-0.25, -0.2) is 0 Å². The van der Waals surface area contributed by atoms with Crippen molar-refractivity contribution in [1.82, 2.24) is 15.1 Å². The summed E-state index contributed by atoms with van der Waals surface area (Å²) in [5, 5.41) is 6.98. The number of benzene rings is 1. The molecule has 0 spiro atoms. The molecule has 6 heteroatoms. The molecular formula is C16H20N4O2. The SMILES string of the molecule is Cc1nn(C)c(C)c1CC(=O)N[C@H](C(N)=O)c1ccccc1. The van der Waals surface area contributed by atoms with E-state index in [2.05, 4.69) is 10.4 Å². The van der Waals surface area contributed by atoms with Crippen molar-refractivity contribution in [3.63, 3.8) is 0 Å². The fourth-order valence-corrected chi connectivity index (χ4v) is 2.41. The van der Waals surface area contributed by atoms with E-state index in [0.717, 1.165) is 17.0 Å². The summed E-state index contributed by atoms with van der Waals surface area (Å²) in [6, 6.07) is 8.13. The van der Waals surface area contributed by atoms with Gasteiger partial charge in [0.15, 0.2) is 0 Å². The molecule has 0 saturated carbocycles. The van der Waals surface area contributed by atoms with Crippen LogP contribution in [0, 0.1) is 13.8 Å². The van der Waals surface area contributed by atoms with Gasteiger partial charge in [-0.1, -0.05) is 30.3 Å². The quantitative estimate of drug-likeness (QED) is 0.860. The summed E-state index contributed by atoms with van der Waals surface area (Å²) >= 11 is 0. The Kier molecular flexibility index (Phi) is 4.60. The fourth-order valence-electron chi connectivity index (χ4n) is 2.41. The van der Waals surface area contributed by atoms with Gasteiger partial charge in [-0.05, 0) is 19.4 Å². The number of nitrogens with two attached hydrogens (primary N) is 1. The van der Waals surface area contributed by atoms with Crippen LogP contribution in [0.4, 0.5) is 0 Å². The molecule has 2 rings (SSSR count). The Morgan fingerprint density at radius 2 is 1.91 bits per heavy atom. The molecule has 0 fully saturated rings. The molecule has 1 aromatic heterocycles. The minimum atomic E-state index is -0.828. The first kappa shape index (κ1) is 15.8. The molecule has 116 valence electrons. The van der Waals surface area contributed by atoms with Crippen LogP contribution in [0.3, 0.4) is 0 Å². The standard InChI is InChI=1S/C16H20N4O2/c1-10-13(11(2)20(3)19-10)9-14(21)18-15(16(17)22)12-7-5-4-6-8-12/h4-8,15H,9H2,1-3H3,(H2,17,22)(H,18,21)/t15-/m0/s1. The fraction of sp³-hybridized carbons (Fsp3) is 0.312. The van der Waals surface area contributed by atoms with Crippen LogP contribution in [0.25, 0.3) is 0 Å². The first-order chi connectivity index (χ1) is 10.4. The lowest BCUT2D eigenvalue weighted by molar-refractivity contribution is -0.127. The first-order valence-electron chi connectivity index (χ1n) is 7.03. The Bertz CT molecular complexity index is 692. The van der Waals surface area contributed by atoms with E-state index in [1.54, 1.807) is 28.9 Å². The largest absolute Gasteiger partial charge is 0.368 e. The van der Waals surface area contributed by atoms with Crippen LogP contribution in [-0.4, -0.2) is 21.6 Å². The molecule has 1 aromatic carbocycles. The van der Waals surface area contributed by atoms with Crippen molar-refractivity contribution in [1.29, 1.82) is 0 Å². The third-order valence-corrected chi connectivity index (χ3v) is 3.72. The average Bonchev–Trinajstić information content (AvgIpc) is 2.72. The summed E-state index contributed by atoms with van der Waals surface area (Å²) in [6.07, 6.45) is 0.169. The Hall–Kier alpha value is -2.63. The highest BCUT2D eigenvalue weighted by Gasteiger charge is 2.21. The highest BCUT2D eigenvalue weighted by atomic mass is 16.2. The monoisotopic (exact) mass is 300 g/mol. The molecule has 0 aliphatic heterocycles. The number of hydrogen-bond donors (Lipinski definition) is 2. The zero-order chi connectivity index (χ0) is 16.3. The lowest BCUT2D eigenvalue weighted by atomic mass is 10.1. The van der Waals surface area contributed by atoms with Gasteiger partial charge in [-0.15, -0.1) is 0 Å². The van der Waals surface area contributed by atoms with Crippen molar-refractivity contribution < 1.29 is 9.59 Å². The van der Waals surface area contributed by atoms with E-state index in [4.69, 9.17) is 5.73 Å². The second kappa shape index (κ2) is 6.43. The second-order valence-electron chi connectivity index (χ2n) is 5.26. The van der Waals surface area contributed by atoms with Crippen molar-refractivity contribution in [2.75, 3.05) is 0 Å². The molecule has 0 aliphatic rings. The van der Waals surface area contributed by atoms with E-state index in [0.29, 0.717) is 5.56 Å². The second-order valence-corrected chi connectivity index (χ2v) is 5.26. The summed E-state index contributed by atoms with van der Waals surface area (Å²) in [6.45, 7) is 3.77. The number of primary amides is 1. The zero-order valence-corrected chi connectivity index (χ0v) is 13.0. The number of carbonyl (C=O) groups excluding carboxylic acids is 2. The van der Waals surface area contributed by atoms with E-state index in [1.165, 1.54) is 0 Å². The van der Waals surface area contributed by atoms with Crippen LogP contribution < -0.4 is 11.1 Å². The summed E-state index contributed by atoms with van der Waals surface area (Å²) in [5.41, 5.74) is 8.69. The number of nitrogens with one attached hydrogen (secondary N) is 1. The predicted octanol–water partition coefficient (Wildman–Crippen LogP) is 0.922. The molecule has 2 aromatic rings. The first-order valence-corrected chi connectivity index (χ1v) is 7.03. The van der Waals surface area contributed by atoms with Crippen LogP contribution in [0.1, 0.15) is 28.6 Å². The van der Waals surface area contributed by atoms with Crippen LogP contribution >= 0.6 is 0 Å². The van der Waals surface area contributed by atoms with Crippen molar-refractivity contribution in [3.8, 4) is 0 Å². The number of amides is 2. The molecule has 0 unspecified atom stereocenters. The summed E-state index contributed by atoms with van der Waals surface area (Å²) in [5.74, 6) is -0.842. The lowest BCUT2D eigenvalue weighted by Crippen LogP contribution is -2.38. The Morgan fingerprint density at radius 1 is 1.27 bits per heavy atom. The minimum Gasteiger partial charge on any atom is -0.368 e. The van der Waals surface area contributed by atoms with Gasteiger partial charge in [-0.2, -0.15) is 5.10 Å². The van der Waals surface area contributed by atoms with Crippen molar-refractivity contribution >= 4 is 11.8 Å². The molecule has 6 nitrogen and oxygen atoms in total. The third-order valence-electron chi connectivity index (χ3n) is 3.72. The summed E-state index contributed by atoms with van der Waals surface area (Å²) in [7, 11) is 1.83. The summed E-state index contributed by atoms with van der Waals surface area (Å²) < 4.78 is 1.74. The number of aryl methyl sites for hydroxylation is 2. The molecule has 22 heavy (non-hydrogen) atoms. The van der Waals surface area contributed by atoms with Gasteiger partial charge in [0.1, 0.15) is 6.04 Å². The van der Waals surface area contributed by atoms with E-state index in [9.17, 15) is 9.59 Å². The predicted molar refractivity (Wildman–Crippen MR) is 82.9 cm³/mol. The van der Waals surface area contributed by atoms with Crippen LogP contribution in [0.2, 0.25) is 0 Å². The lowest BCUT2D eigenvalue weighted by Gasteiger charge is -2.16. The maximum absolute atomic E-state index is 12.3. The van der Waals surface area contributed by atoms with Crippen LogP contribution in [0.5, 0.6) is 0 Å².